The average Bonchev–Trinajstić information content (AvgIpc) is 2.66. The number of ketones is 1. The second-order valence-electron chi connectivity index (χ2n) is 4.17. The normalized spacial score (nSPS) is 16.8. The molecule has 0 radical (unpaired) electrons. The van der Waals surface area contributed by atoms with Crippen LogP contribution in [0.2, 0.25) is 0 Å². The predicted molar refractivity (Wildman–Crippen MR) is 65.3 cm³/mol. The molecule has 0 aliphatic carbocycles. The molecule has 0 spiro atoms. The van der Waals surface area contributed by atoms with Crippen LogP contribution in [0.5, 0.6) is 0 Å². The molecule has 1 aliphatic heterocycles. The second-order valence-corrected chi connectivity index (χ2v) is 4.17. The minimum absolute atomic E-state index is 0. The first-order valence-electron chi connectivity index (χ1n) is 5.58. The van der Waals surface area contributed by atoms with Crippen LogP contribution >= 0.6 is 12.4 Å². The SMILES string of the molecule is Cc1ccc(C(=O)CN2CCCCC2)o1.Cl. The Morgan fingerprint density at radius 2 is 2.00 bits per heavy atom. The summed E-state index contributed by atoms with van der Waals surface area (Å²) in [5, 5.41) is 0. The Bertz CT molecular complexity index is 343. The first kappa shape index (κ1) is 13.3. The number of hydrogen-bond donors (Lipinski definition) is 0. The highest BCUT2D eigenvalue weighted by Crippen LogP contribution is 2.11. The lowest BCUT2D eigenvalue weighted by atomic mass is 10.1. The molecule has 1 aromatic rings. The Balaban J connectivity index is 0.00000128. The first-order chi connectivity index (χ1) is 7.25. The molecule has 0 saturated carbocycles. The number of hydrogen-bond acceptors (Lipinski definition) is 3. The molecule has 0 amide bonds. The van der Waals surface area contributed by atoms with Crippen molar-refractivity contribution >= 4 is 18.2 Å². The Labute approximate surface area is 102 Å². The van der Waals surface area contributed by atoms with Gasteiger partial charge in [0.2, 0.25) is 5.78 Å². The minimum Gasteiger partial charge on any atom is -0.458 e. The summed E-state index contributed by atoms with van der Waals surface area (Å²) in [5.41, 5.74) is 0. The van der Waals surface area contributed by atoms with Gasteiger partial charge in [0.1, 0.15) is 5.76 Å². The maximum Gasteiger partial charge on any atom is 0.211 e. The summed E-state index contributed by atoms with van der Waals surface area (Å²) in [6.07, 6.45) is 3.72. The van der Waals surface area contributed by atoms with Gasteiger partial charge >= 0.3 is 0 Å². The van der Waals surface area contributed by atoms with E-state index in [0.717, 1.165) is 18.8 Å². The van der Waals surface area contributed by atoms with Gasteiger partial charge in [-0.25, -0.2) is 0 Å². The summed E-state index contributed by atoms with van der Waals surface area (Å²) in [7, 11) is 0. The van der Waals surface area contributed by atoms with Crippen LogP contribution < -0.4 is 0 Å². The van der Waals surface area contributed by atoms with Crippen molar-refractivity contribution in [3.05, 3.63) is 23.7 Å². The van der Waals surface area contributed by atoms with Crippen molar-refractivity contribution in [3.8, 4) is 0 Å². The van der Waals surface area contributed by atoms with Crippen LogP contribution in [0.1, 0.15) is 35.6 Å². The summed E-state index contributed by atoms with van der Waals surface area (Å²) in [6, 6.07) is 3.60. The van der Waals surface area contributed by atoms with Crippen LogP contribution in [0.4, 0.5) is 0 Å². The summed E-state index contributed by atoms with van der Waals surface area (Å²) in [6.45, 7) is 4.46. The third kappa shape index (κ3) is 3.35. The van der Waals surface area contributed by atoms with Gasteiger partial charge in [0.15, 0.2) is 5.76 Å². The van der Waals surface area contributed by atoms with E-state index in [2.05, 4.69) is 4.90 Å². The number of carbonyl (C=O) groups is 1. The number of aryl methyl sites for hydroxylation is 1. The molecule has 4 heteroatoms. The van der Waals surface area contributed by atoms with Gasteiger partial charge in [0, 0.05) is 0 Å². The molecule has 1 saturated heterocycles. The van der Waals surface area contributed by atoms with Gasteiger partial charge in [-0.2, -0.15) is 0 Å². The van der Waals surface area contributed by atoms with E-state index in [1.807, 2.05) is 13.0 Å². The van der Waals surface area contributed by atoms with Crippen LogP contribution in [0.15, 0.2) is 16.5 Å². The summed E-state index contributed by atoms with van der Waals surface area (Å²) in [5.74, 6) is 1.40. The number of carbonyl (C=O) groups excluding carboxylic acids is 1. The highest BCUT2D eigenvalue weighted by atomic mass is 35.5. The number of rotatable bonds is 3. The molecule has 16 heavy (non-hydrogen) atoms. The van der Waals surface area contributed by atoms with E-state index in [4.69, 9.17) is 4.42 Å². The zero-order chi connectivity index (χ0) is 10.7. The van der Waals surface area contributed by atoms with E-state index >= 15 is 0 Å². The highest BCUT2D eigenvalue weighted by molar-refractivity contribution is 5.95. The van der Waals surface area contributed by atoms with E-state index in [0.29, 0.717) is 12.3 Å². The molecular weight excluding hydrogens is 226 g/mol. The summed E-state index contributed by atoms with van der Waals surface area (Å²) in [4.78, 5) is 14.0. The average molecular weight is 244 g/mol. The number of likely N-dealkylation sites (tertiary alicyclic amines) is 1. The van der Waals surface area contributed by atoms with E-state index in [1.165, 1.54) is 19.3 Å². The van der Waals surface area contributed by atoms with Gasteiger partial charge < -0.3 is 4.42 Å². The van der Waals surface area contributed by atoms with E-state index < -0.39 is 0 Å². The molecule has 0 bridgehead atoms. The Morgan fingerprint density at radius 1 is 1.31 bits per heavy atom. The zero-order valence-corrected chi connectivity index (χ0v) is 10.4. The fourth-order valence-electron chi connectivity index (χ4n) is 1.98. The molecule has 1 fully saturated rings. The quantitative estimate of drug-likeness (QED) is 0.766. The topological polar surface area (TPSA) is 33.5 Å². The zero-order valence-electron chi connectivity index (χ0n) is 9.57. The number of piperidine rings is 1. The Morgan fingerprint density at radius 3 is 2.56 bits per heavy atom. The predicted octanol–water partition coefficient (Wildman–Crippen LogP) is 2.68. The van der Waals surface area contributed by atoms with E-state index in [1.54, 1.807) is 6.07 Å². The van der Waals surface area contributed by atoms with Gasteiger partial charge in [0.25, 0.3) is 0 Å². The van der Waals surface area contributed by atoms with Crippen molar-refractivity contribution in [2.24, 2.45) is 0 Å². The lowest BCUT2D eigenvalue weighted by Crippen LogP contribution is -2.34. The molecule has 0 N–H and O–H groups in total. The van der Waals surface area contributed by atoms with Gasteiger partial charge in [-0.15, -0.1) is 12.4 Å². The third-order valence-corrected chi connectivity index (χ3v) is 2.83. The lowest BCUT2D eigenvalue weighted by Gasteiger charge is -2.25. The standard InChI is InChI=1S/C12H17NO2.ClH/c1-10-5-6-12(15-10)11(14)9-13-7-3-2-4-8-13;/h5-6H,2-4,7-9H2,1H3;1H. The molecule has 2 rings (SSSR count). The van der Waals surface area contributed by atoms with Crippen LogP contribution in [0.3, 0.4) is 0 Å². The van der Waals surface area contributed by atoms with Crippen LogP contribution in [0.25, 0.3) is 0 Å². The van der Waals surface area contributed by atoms with Gasteiger partial charge in [-0.3, -0.25) is 9.69 Å². The fraction of sp³-hybridized carbons (Fsp3) is 0.583. The largest absolute Gasteiger partial charge is 0.458 e. The molecule has 3 nitrogen and oxygen atoms in total. The Hall–Kier alpha value is -0.800. The number of Topliss-reactive ketones (excluding diaryl/α,β-unsaturated/α-hetero) is 1. The maximum absolute atomic E-state index is 11.8. The third-order valence-electron chi connectivity index (χ3n) is 2.83. The number of furan rings is 1. The molecule has 0 unspecified atom stereocenters. The van der Waals surface area contributed by atoms with Gasteiger partial charge in [-0.05, 0) is 45.0 Å². The van der Waals surface area contributed by atoms with Gasteiger partial charge in [0.05, 0.1) is 6.54 Å². The monoisotopic (exact) mass is 243 g/mol. The molecule has 1 aromatic heterocycles. The fourth-order valence-corrected chi connectivity index (χ4v) is 1.98. The van der Waals surface area contributed by atoms with Crippen molar-refractivity contribution in [1.29, 1.82) is 0 Å². The van der Waals surface area contributed by atoms with Gasteiger partial charge in [-0.1, -0.05) is 6.42 Å². The molecule has 1 aliphatic rings. The summed E-state index contributed by atoms with van der Waals surface area (Å²) >= 11 is 0. The molecular formula is C12H18ClNO2. The lowest BCUT2D eigenvalue weighted by molar-refractivity contribution is 0.0887. The van der Waals surface area contributed by atoms with E-state index in [9.17, 15) is 4.79 Å². The maximum atomic E-state index is 11.8. The summed E-state index contributed by atoms with van der Waals surface area (Å²) < 4.78 is 5.31. The van der Waals surface area contributed by atoms with Crippen molar-refractivity contribution in [2.75, 3.05) is 19.6 Å². The van der Waals surface area contributed by atoms with Crippen molar-refractivity contribution in [3.63, 3.8) is 0 Å². The van der Waals surface area contributed by atoms with E-state index in [-0.39, 0.29) is 18.2 Å². The van der Waals surface area contributed by atoms with Crippen molar-refractivity contribution in [1.82, 2.24) is 4.90 Å². The number of halogens is 1. The molecule has 0 atom stereocenters. The van der Waals surface area contributed by atoms with Crippen LogP contribution in [0, 0.1) is 6.92 Å². The molecule has 90 valence electrons. The number of nitrogens with zero attached hydrogens (tertiary/aromatic N) is 1. The first-order valence-corrected chi connectivity index (χ1v) is 5.58. The van der Waals surface area contributed by atoms with Crippen LogP contribution in [-0.4, -0.2) is 30.3 Å². The smallest absolute Gasteiger partial charge is 0.211 e. The van der Waals surface area contributed by atoms with Crippen LogP contribution in [-0.2, 0) is 0 Å². The second kappa shape index (κ2) is 6.06. The minimum atomic E-state index is 0. The van der Waals surface area contributed by atoms with Crippen molar-refractivity contribution < 1.29 is 9.21 Å². The molecule has 2 heterocycles. The highest BCUT2D eigenvalue weighted by Gasteiger charge is 2.16. The van der Waals surface area contributed by atoms with Crippen molar-refractivity contribution in [2.45, 2.75) is 26.2 Å². The molecule has 0 aromatic carbocycles. The Kier molecular flexibility index (Phi) is 5.03.